The number of H-pyrrole nitrogens is 1. The van der Waals surface area contributed by atoms with Gasteiger partial charge in [0.05, 0.1) is 30.5 Å². The van der Waals surface area contributed by atoms with Gasteiger partial charge in [-0.25, -0.2) is 4.98 Å². The number of carbonyl (C=O) groups excluding carboxylic acids is 1. The van der Waals surface area contributed by atoms with Crippen molar-refractivity contribution in [2.24, 2.45) is 0 Å². The summed E-state index contributed by atoms with van der Waals surface area (Å²) >= 11 is 3.42. The fourth-order valence-electron chi connectivity index (χ4n) is 3.29. The maximum Gasteiger partial charge on any atom is 0.256 e. The standard InChI is InChI=1S/C21H18BrN3O3/c1-28-14-8-6-13(7-9-14)19-23-18-10-11-25(12-16(18)20(26)24-19)21(27)15-4-2-3-5-17(15)22/h2-9H,10-12H2,1H3,(H,23,24,26). The average molecular weight is 440 g/mol. The van der Waals surface area contributed by atoms with Gasteiger partial charge in [0.25, 0.3) is 11.5 Å². The molecule has 3 aromatic rings. The van der Waals surface area contributed by atoms with E-state index in [1.54, 1.807) is 18.1 Å². The first-order chi connectivity index (χ1) is 13.6. The maximum atomic E-state index is 12.8. The number of amides is 1. The molecule has 0 saturated carbocycles. The minimum absolute atomic E-state index is 0.100. The molecule has 4 rings (SSSR count). The molecule has 28 heavy (non-hydrogen) atoms. The molecule has 0 saturated heterocycles. The topological polar surface area (TPSA) is 75.3 Å². The van der Waals surface area contributed by atoms with Gasteiger partial charge in [-0.2, -0.15) is 0 Å². The highest BCUT2D eigenvalue weighted by Gasteiger charge is 2.26. The minimum atomic E-state index is -0.208. The Morgan fingerprint density at radius 1 is 1.18 bits per heavy atom. The Morgan fingerprint density at radius 2 is 1.93 bits per heavy atom. The lowest BCUT2D eigenvalue weighted by Gasteiger charge is -2.28. The van der Waals surface area contributed by atoms with Crippen LogP contribution in [0.2, 0.25) is 0 Å². The number of ether oxygens (including phenoxy) is 1. The van der Waals surface area contributed by atoms with Crippen molar-refractivity contribution in [3.05, 3.63) is 80.2 Å². The number of aromatic nitrogens is 2. The second kappa shape index (κ2) is 7.59. The van der Waals surface area contributed by atoms with Gasteiger partial charge in [0, 0.05) is 23.0 Å². The highest BCUT2D eigenvalue weighted by Crippen LogP contribution is 2.23. The van der Waals surface area contributed by atoms with Crippen LogP contribution in [0, 0.1) is 0 Å². The van der Waals surface area contributed by atoms with Gasteiger partial charge < -0.3 is 14.6 Å². The number of halogens is 1. The maximum absolute atomic E-state index is 12.8. The third-order valence-corrected chi connectivity index (χ3v) is 5.52. The van der Waals surface area contributed by atoms with Crippen molar-refractivity contribution in [1.82, 2.24) is 14.9 Å². The first-order valence-corrected chi connectivity index (χ1v) is 9.66. The molecule has 142 valence electrons. The van der Waals surface area contributed by atoms with Crippen molar-refractivity contribution in [1.29, 1.82) is 0 Å². The number of hydrogen-bond acceptors (Lipinski definition) is 4. The van der Waals surface area contributed by atoms with Crippen LogP contribution in [0.1, 0.15) is 21.6 Å². The number of nitrogens with one attached hydrogen (secondary N) is 1. The first-order valence-electron chi connectivity index (χ1n) is 8.87. The summed E-state index contributed by atoms with van der Waals surface area (Å²) in [5.41, 5.74) is 2.48. The summed E-state index contributed by atoms with van der Waals surface area (Å²) < 4.78 is 5.91. The lowest BCUT2D eigenvalue weighted by molar-refractivity contribution is 0.0731. The van der Waals surface area contributed by atoms with Crippen LogP contribution in [0.3, 0.4) is 0 Å². The van der Waals surface area contributed by atoms with E-state index < -0.39 is 0 Å². The van der Waals surface area contributed by atoms with Gasteiger partial charge in [0.2, 0.25) is 0 Å². The number of rotatable bonds is 3. The van der Waals surface area contributed by atoms with Gasteiger partial charge in [0.15, 0.2) is 0 Å². The van der Waals surface area contributed by atoms with Gasteiger partial charge in [-0.3, -0.25) is 9.59 Å². The molecule has 0 aliphatic carbocycles. The Kier molecular flexibility index (Phi) is 5.00. The highest BCUT2D eigenvalue weighted by molar-refractivity contribution is 9.10. The summed E-state index contributed by atoms with van der Waals surface area (Å²) in [6.07, 6.45) is 0.540. The number of aromatic amines is 1. The Hall–Kier alpha value is -2.93. The Labute approximate surface area is 170 Å². The quantitative estimate of drug-likeness (QED) is 0.678. The molecule has 2 heterocycles. The molecule has 0 bridgehead atoms. The molecule has 1 aliphatic rings. The van der Waals surface area contributed by atoms with Crippen molar-refractivity contribution in [2.45, 2.75) is 13.0 Å². The molecule has 6 nitrogen and oxygen atoms in total. The van der Waals surface area contributed by atoms with E-state index in [1.807, 2.05) is 42.5 Å². The lowest BCUT2D eigenvalue weighted by atomic mass is 10.0. The van der Waals surface area contributed by atoms with E-state index in [9.17, 15) is 9.59 Å². The van der Waals surface area contributed by atoms with Crippen LogP contribution in [0.4, 0.5) is 0 Å². The Bertz CT molecular complexity index is 1090. The van der Waals surface area contributed by atoms with Gasteiger partial charge in [-0.15, -0.1) is 0 Å². The van der Waals surface area contributed by atoms with Crippen LogP contribution in [0.5, 0.6) is 5.75 Å². The number of hydrogen-bond donors (Lipinski definition) is 1. The molecule has 7 heteroatoms. The van der Waals surface area contributed by atoms with Crippen LogP contribution >= 0.6 is 15.9 Å². The van der Waals surface area contributed by atoms with Crippen LogP contribution in [0.15, 0.2) is 57.8 Å². The predicted octanol–water partition coefficient (Wildman–Crippen LogP) is 3.41. The van der Waals surface area contributed by atoms with Gasteiger partial charge in [0.1, 0.15) is 11.6 Å². The fourth-order valence-corrected chi connectivity index (χ4v) is 3.74. The molecular weight excluding hydrogens is 422 g/mol. The average Bonchev–Trinajstić information content (AvgIpc) is 2.73. The summed E-state index contributed by atoms with van der Waals surface area (Å²) in [6.45, 7) is 0.770. The van der Waals surface area contributed by atoms with Crippen LogP contribution in [-0.4, -0.2) is 34.4 Å². The monoisotopic (exact) mass is 439 g/mol. The number of benzene rings is 2. The zero-order chi connectivity index (χ0) is 19.7. The molecule has 1 N–H and O–H groups in total. The Balaban J connectivity index is 1.62. The molecule has 1 aliphatic heterocycles. The fraction of sp³-hybridized carbons (Fsp3) is 0.190. The van der Waals surface area contributed by atoms with Crippen molar-refractivity contribution in [2.75, 3.05) is 13.7 Å². The third-order valence-electron chi connectivity index (χ3n) is 4.82. The van der Waals surface area contributed by atoms with E-state index in [0.29, 0.717) is 29.9 Å². The normalized spacial score (nSPS) is 13.1. The molecule has 0 spiro atoms. The second-order valence-corrected chi connectivity index (χ2v) is 7.38. The SMILES string of the molecule is COc1ccc(-c2nc3c(c(=O)[nH]2)CN(C(=O)c2ccccc2Br)CC3)cc1. The largest absolute Gasteiger partial charge is 0.497 e. The van der Waals surface area contributed by atoms with Crippen LogP contribution < -0.4 is 10.3 Å². The molecule has 0 atom stereocenters. The minimum Gasteiger partial charge on any atom is -0.497 e. The van der Waals surface area contributed by atoms with E-state index >= 15 is 0 Å². The van der Waals surface area contributed by atoms with Crippen molar-refractivity contribution < 1.29 is 9.53 Å². The van der Waals surface area contributed by atoms with Crippen molar-refractivity contribution >= 4 is 21.8 Å². The molecule has 0 fully saturated rings. The van der Waals surface area contributed by atoms with E-state index in [0.717, 1.165) is 21.5 Å². The van der Waals surface area contributed by atoms with E-state index in [2.05, 4.69) is 25.9 Å². The van der Waals surface area contributed by atoms with E-state index in [4.69, 9.17) is 4.74 Å². The summed E-state index contributed by atoms with van der Waals surface area (Å²) in [7, 11) is 1.61. The van der Waals surface area contributed by atoms with Crippen molar-refractivity contribution in [3.8, 4) is 17.1 Å². The second-order valence-electron chi connectivity index (χ2n) is 6.52. The van der Waals surface area contributed by atoms with Gasteiger partial charge in [-0.05, 0) is 52.3 Å². The number of methoxy groups -OCH3 is 1. The molecule has 1 amide bonds. The van der Waals surface area contributed by atoms with Crippen molar-refractivity contribution in [3.63, 3.8) is 0 Å². The summed E-state index contributed by atoms with van der Waals surface area (Å²) in [6, 6.07) is 14.7. The van der Waals surface area contributed by atoms with E-state index in [1.165, 1.54) is 0 Å². The molecule has 0 radical (unpaired) electrons. The summed E-state index contributed by atoms with van der Waals surface area (Å²) in [5, 5.41) is 0. The molecule has 2 aromatic carbocycles. The highest BCUT2D eigenvalue weighted by atomic mass is 79.9. The van der Waals surface area contributed by atoms with E-state index in [-0.39, 0.29) is 18.0 Å². The number of nitrogens with zero attached hydrogens (tertiary/aromatic N) is 2. The van der Waals surface area contributed by atoms with Gasteiger partial charge >= 0.3 is 0 Å². The summed E-state index contributed by atoms with van der Waals surface area (Å²) in [5.74, 6) is 1.17. The smallest absolute Gasteiger partial charge is 0.256 e. The number of fused-ring (bicyclic) bond motifs is 1. The van der Waals surface area contributed by atoms with Gasteiger partial charge in [-0.1, -0.05) is 12.1 Å². The van der Waals surface area contributed by atoms with Crippen LogP contribution in [-0.2, 0) is 13.0 Å². The predicted molar refractivity (Wildman–Crippen MR) is 109 cm³/mol. The molecular formula is C21H18BrN3O3. The third kappa shape index (κ3) is 3.45. The number of carbonyl (C=O) groups is 1. The molecule has 0 unspecified atom stereocenters. The zero-order valence-electron chi connectivity index (χ0n) is 15.2. The molecule has 1 aromatic heterocycles. The first kappa shape index (κ1) is 18.4. The van der Waals surface area contributed by atoms with Crippen LogP contribution in [0.25, 0.3) is 11.4 Å². The summed E-state index contributed by atoms with van der Waals surface area (Å²) in [4.78, 5) is 34.7. The zero-order valence-corrected chi connectivity index (χ0v) is 16.8. The lowest BCUT2D eigenvalue weighted by Crippen LogP contribution is -2.39. The Morgan fingerprint density at radius 3 is 2.64 bits per heavy atom.